The molecule has 0 bridgehead atoms. The molecule has 0 amide bonds. The summed E-state index contributed by atoms with van der Waals surface area (Å²) in [6.07, 6.45) is 3.95. The van der Waals surface area contributed by atoms with Crippen molar-refractivity contribution in [3.8, 4) is 0 Å². The van der Waals surface area contributed by atoms with E-state index in [9.17, 15) is 4.79 Å². The Kier molecular flexibility index (Phi) is 4.02. The molecule has 2 N–H and O–H groups in total. The van der Waals surface area contributed by atoms with Gasteiger partial charge in [0.25, 0.3) is 0 Å². The van der Waals surface area contributed by atoms with E-state index < -0.39 is 6.04 Å². The van der Waals surface area contributed by atoms with Crippen LogP contribution in [0.15, 0.2) is 36.7 Å². The number of Topliss-reactive ketones (excluding diaryl/α,β-unsaturated/α-hetero) is 1. The number of carbonyl (C=O) groups excluding carboxylic acids is 1. The average molecular weight is 244 g/mol. The van der Waals surface area contributed by atoms with E-state index in [1.165, 1.54) is 0 Å². The molecular weight excluding hydrogens is 228 g/mol. The van der Waals surface area contributed by atoms with Gasteiger partial charge in [-0.3, -0.25) is 9.78 Å². The molecule has 0 spiro atoms. The van der Waals surface area contributed by atoms with Crippen molar-refractivity contribution < 1.29 is 9.53 Å². The third-order valence-corrected chi connectivity index (χ3v) is 2.92. The van der Waals surface area contributed by atoms with Gasteiger partial charge in [0.1, 0.15) is 0 Å². The van der Waals surface area contributed by atoms with Gasteiger partial charge in [0.05, 0.1) is 6.04 Å². The maximum Gasteiger partial charge on any atom is 0.180 e. The molecule has 0 fully saturated rings. The van der Waals surface area contributed by atoms with Gasteiger partial charge in [-0.05, 0) is 17.9 Å². The highest BCUT2D eigenvalue weighted by Gasteiger charge is 2.17. The standard InChI is InChI=1S/C14H16N2O2/c1-18-8-6-13(15)14(17)12-4-2-3-10-9-16-7-5-11(10)12/h2-5,7,9,13H,6,8,15H2,1H3. The second-order valence-electron chi connectivity index (χ2n) is 4.15. The fourth-order valence-corrected chi connectivity index (χ4v) is 1.91. The number of ketones is 1. The lowest BCUT2D eigenvalue weighted by Crippen LogP contribution is -2.31. The van der Waals surface area contributed by atoms with Crippen molar-refractivity contribution in [1.82, 2.24) is 4.98 Å². The minimum atomic E-state index is -0.524. The first-order chi connectivity index (χ1) is 8.74. The Balaban J connectivity index is 2.33. The molecule has 4 heteroatoms. The SMILES string of the molecule is COCCC(N)C(=O)c1cccc2cnccc12. The predicted molar refractivity (Wildman–Crippen MR) is 70.5 cm³/mol. The van der Waals surface area contributed by atoms with Crippen LogP contribution in [0.5, 0.6) is 0 Å². The minimum Gasteiger partial charge on any atom is -0.385 e. The smallest absolute Gasteiger partial charge is 0.180 e. The van der Waals surface area contributed by atoms with Crippen molar-refractivity contribution in [1.29, 1.82) is 0 Å². The summed E-state index contributed by atoms with van der Waals surface area (Å²) in [5, 5.41) is 1.84. The largest absolute Gasteiger partial charge is 0.385 e. The highest BCUT2D eigenvalue weighted by atomic mass is 16.5. The van der Waals surface area contributed by atoms with Crippen LogP contribution in [0.4, 0.5) is 0 Å². The summed E-state index contributed by atoms with van der Waals surface area (Å²) in [6.45, 7) is 0.485. The van der Waals surface area contributed by atoms with E-state index in [1.807, 2.05) is 18.2 Å². The fraction of sp³-hybridized carbons (Fsp3) is 0.286. The molecule has 2 aromatic rings. The van der Waals surface area contributed by atoms with Gasteiger partial charge in [-0.1, -0.05) is 18.2 Å². The molecule has 0 aliphatic heterocycles. The lowest BCUT2D eigenvalue weighted by atomic mass is 9.98. The lowest BCUT2D eigenvalue weighted by Gasteiger charge is -2.11. The Morgan fingerprint density at radius 1 is 1.44 bits per heavy atom. The van der Waals surface area contributed by atoms with E-state index in [4.69, 9.17) is 10.5 Å². The summed E-state index contributed by atoms with van der Waals surface area (Å²) in [5.41, 5.74) is 6.53. The highest BCUT2D eigenvalue weighted by molar-refractivity contribution is 6.10. The Morgan fingerprint density at radius 2 is 2.28 bits per heavy atom. The van der Waals surface area contributed by atoms with Crippen LogP contribution < -0.4 is 5.73 Å². The molecule has 1 aromatic heterocycles. The third-order valence-electron chi connectivity index (χ3n) is 2.92. The molecule has 0 aliphatic carbocycles. The fourth-order valence-electron chi connectivity index (χ4n) is 1.91. The molecule has 1 unspecified atom stereocenters. The maximum atomic E-state index is 12.3. The number of aromatic nitrogens is 1. The van der Waals surface area contributed by atoms with Crippen LogP contribution in [0.3, 0.4) is 0 Å². The van der Waals surface area contributed by atoms with Crippen molar-refractivity contribution in [2.45, 2.75) is 12.5 Å². The van der Waals surface area contributed by atoms with Gasteiger partial charge in [-0.15, -0.1) is 0 Å². The van der Waals surface area contributed by atoms with Gasteiger partial charge in [-0.25, -0.2) is 0 Å². The van der Waals surface area contributed by atoms with E-state index in [1.54, 1.807) is 25.6 Å². The summed E-state index contributed by atoms with van der Waals surface area (Å²) in [4.78, 5) is 16.3. The number of rotatable bonds is 5. The first-order valence-corrected chi connectivity index (χ1v) is 5.85. The monoisotopic (exact) mass is 244 g/mol. The Hall–Kier alpha value is -1.78. The molecule has 0 radical (unpaired) electrons. The predicted octanol–water partition coefficient (Wildman–Crippen LogP) is 1.78. The van der Waals surface area contributed by atoms with E-state index in [0.29, 0.717) is 18.6 Å². The molecule has 0 aliphatic rings. The van der Waals surface area contributed by atoms with Crippen molar-refractivity contribution >= 4 is 16.6 Å². The van der Waals surface area contributed by atoms with Gasteiger partial charge in [0.15, 0.2) is 5.78 Å². The zero-order valence-corrected chi connectivity index (χ0v) is 10.3. The Labute approximate surface area is 106 Å². The molecule has 94 valence electrons. The summed E-state index contributed by atoms with van der Waals surface area (Å²) in [5.74, 6) is -0.0520. The zero-order chi connectivity index (χ0) is 13.0. The van der Waals surface area contributed by atoms with Crippen LogP contribution in [0.1, 0.15) is 16.8 Å². The number of carbonyl (C=O) groups is 1. The number of nitrogens with two attached hydrogens (primary N) is 1. The molecule has 18 heavy (non-hydrogen) atoms. The van der Waals surface area contributed by atoms with Crippen LogP contribution >= 0.6 is 0 Å². The molecule has 0 saturated heterocycles. The second-order valence-corrected chi connectivity index (χ2v) is 4.15. The number of hydrogen-bond donors (Lipinski definition) is 1. The van der Waals surface area contributed by atoms with Crippen LogP contribution in [-0.4, -0.2) is 30.5 Å². The van der Waals surface area contributed by atoms with E-state index in [-0.39, 0.29) is 5.78 Å². The van der Waals surface area contributed by atoms with Gasteiger partial charge in [0, 0.05) is 37.1 Å². The molecule has 2 rings (SSSR count). The van der Waals surface area contributed by atoms with Gasteiger partial charge < -0.3 is 10.5 Å². The topological polar surface area (TPSA) is 65.2 Å². The van der Waals surface area contributed by atoms with E-state index in [2.05, 4.69) is 4.98 Å². The van der Waals surface area contributed by atoms with Crippen molar-refractivity contribution in [2.75, 3.05) is 13.7 Å². The van der Waals surface area contributed by atoms with Crippen LogP contribution in [0, 0.1) is 0 Å². The lowest BCUT2D eigenvalue weighted by molar-refractivity contribution is 0.0937. The third kappa shape index (κ3) is 2.55. The van der Waals surface area contributed by atoms with E-state index in [0.717, 1.165) is 10.8 Å². The maximum absolute atomic E-state index is 12.3. The van der Waals surface area contributed by atoms with Crippen molar-refractivity contribution in [3.05, 3.63) is 42.2 Å². The van der Waals surface area contributed by atoms with Gasteiger partial charge in [-0.2, -0.15) is 0 Å². The number of ether oxygens (including phenoxy) is 1. The Bertz CT molecular complexity index is 549. The molecular formula is C14H16N2O2. The Morgan fingerprint density at radius 3 is 3.06 bits per heavy atom. The number of fused-ring (bicyclic) bond motifs is 1. The number of benzene rings is 1. The summed E-state index contributed by atoms with van der Waals surface area (Å²) in [7, 11) is 1.60. The zero-order valence-electron chi connectivity index (χ0n) is 10.3. The van der Waals surface area contributed by atoms with Crippen LogP contribution in [-0.2, 0) is 4.74 Å². The molecule has 1 aromatic carbocycles. The molecule has 1 heterocycles. The molecule has 0 saturated carbocycles. The van der Waals surface area contributed by atoms with Crippen molar-refractivity contribution in [3.63, 3.8) is 0 Å². The first kappa shape index (κ1) is 12.7. The van der Waals surface area contributed by atoms with Crippen molar-refractivity contribution in [2.24, 2.45) is 5.73 Å². The molecule has 4 nitrogen and oxygen atoms in total. The molecule has 1 atom stereocenters. The van der Waals surface area contributed by atoms with Crippen LogP contribution in [0.2, 0.25) is 0 Å². The number of pyridine rings is 1. The summed E-state index contributed by atoms with van der Waals surface area (Å²) >= 11 is 0. The second kappa shape index (κ2) is 5.71. The van der Waals surface area contributed by atoms with Gasteiger partial charge >= 0.3 is 0 Å². The summed E-state index contributed by atoms with van der Waals surface area (Å²) < 4.78 is 4.94. The van der Waals surface area contributed by atoms with E-state index >= 15 is 0 Å². The van der Waals surface area contributed by atoms with Crippen LogP contribution in [0.25, 0.3) is 10.8 Å². The number of nitrogens with zero attached hydrogens (tertiary/aromatic N) is 1. The first-order valence-electron chi connectivity index (χ1n) is 5.85. The van der Waals surface area contributed by atoms with Gasteiger partial charge in [0.2, 0.25) is 0 Å². The number of hydrogen-bond acceptors (Lipinski definition) is 4. The minimum absolute atomic E-state index is 0.0520. The highest BCUT2D eigenvalue weighted by Crippen LogP contribution is 2.19. The number of methoxy groups -OCH3 is 1. The average Bonchev–Trinajstić information content (AvgIpc) is 2.43. The quantitative estimate of drug-likeness (QED) is 0.814. The summed E-state index contributed by atoms with van der Waals surface area (Å²) in [6, 6.07) is 6.90. The normalized spacial score (nSPS) is 12.6.